The molecule has 0 aromatic rings. The maximum atomic E-state index is 11.9. The van der Waals surface area contributed by atoms with E-state index >= 15 is 0 Å². The number of nitrogens with one attached hydrogen (secondary N) is 1. The van der Waals surface area contributed by atoms with E-state index < -0.39 is 0 Å². The van der Waals surface area contributed by atoms with Crippen LogP contribution < -0.4 is 5.32 Å². The first-order chi connectivity index (χ1) is 7.63. The van der Waals surface area contributed by atoms with E-state index in [0.29, 0.717) is 18.4 Å². The van der Waals surface area contributed by atoms with Gasteiger partial charge in [0.05, 0.1) is 0 Å². The molecule has 0 aromatic carbocycles. The highest BCUT2D eigenvalue weighted by Gasteiger charge is 2.21. The summed E-state index contributed by atoms with van der Waals surface area (Å²) in [5, 5.41) is 3.29. The molecule has 1 saturated heterocycles. The van der Waals surface area contributed by atoms with Gasteiger partial charge in [-0.2, -0.15) is 0 Å². The van der Waals surface area contributed by atoms with Crippen LogP contribution in [0.5, 0.6) is 0 Å². The first-order valence-corrected chi connectivity index (χ1v) is 6.64. The molecule has 1 N–H and O–H groups in total. The molecule has 0 aromatic heterocycles. The van der Waals surface area contributed by atoms with Crippen molar-refractivity contribution in [2.45, 2.75) is 52.5 Å². The number of carbonyl (C=O) groups excluding carboxylic acids is 1. The lowest BCUT2D eigenvalue weighted by Crippen LogP contribution is -2.40. The monoisotopic (exact) mass is 226 g/mol. The number of rotatable bonds is 5. The van der Waals surface area contributed by atoms with Crippen molar-refractivity contribution in [3.8, 4) is 0 Å². The lowest BCUT2D eigenvalue weighted by molar-refractivity contribution is -0.132. The van der Waals surface area contributed by atoms with Crippen molar-refractivity contribution in [3.05, 3.63) is 0 Å². The molecule has 0 bridgehead atoms. The molecule has 0 atom stereocenters. The van der Waals surface area contributed by atoms with Crippen molar-refractivity contribution < 1.29 is 4.79 Å². The Labute approximate surface area is 99.6 Å². The lowest BCUT2D eigenvalue weighted by Gasteiger charge is -2.31. The molecular formula is C13H26N2O. The highest BCUT2D eigenvalue weighted by Crippen LogP contribution is 2.20. The fraction of sp³-hybridized carbons (Fsp3) is 0.923. The lowest BCUT2D eigenvalue weighted by atomic mass is 9.94. The Morgan fingerprint density at radius 2 is 2.00 bits per heavy atom. The standard InChI is InChI=1S/C13H26N2O/c1-4-12-6-9-15(10-7-12)13(16)5-8-14-11(2)3/h11-12,14H,4-10H2,1-3H3. The zero-order valence-corrected chi connectivity index (χ0v) is 11.0. The van der Waals surface area contributed by atoms with Gasteiger partial charge < -0.3 is 10.2 Å². The summed E-state index contributed by atoms with van der Waals surface area (Å²) < 4.78 is 0. The van der Waals surface area contributed by atoms with Crippen LogP contribution in [0.4, 0.5) is 0 Å². The Morgan fingerprint density at radius 3 is 2.50 bits per heavy atom. The molecule has 1 aliphatic heterocycles. The Hall–Kier alpha value is -0.570. The molecule has 0 radical (unpaired) electrons. The molecule has 0 unspecified atom stereocenters. The predicted octanol–water partition coefficient (Wildman–Crippen LogP) is 2.02. The highest BCUT2D eigenvalue weighted by atomic mass is 16.2. The third kappa shape index (κ3) is 4.52. The van der Waals surface area contributed by atoms with Crippen LogP contribution in [0.15, 0.2) is 0 Å². The average molecular weight is 226 g/mol. The van der Waals surface area contributed by atoms with E-state index in [1.54, 1.807) is 0 Å². The van der Waals surface area contributed by atoms with Crippen molar-refractivity contribution in [1.29, 1.82) is 0 Å². The summed E-state index contributed by atoms with van der Waals surface area (Å²) in [6.45, 7) is 9.21. The second kappa shape index (κ2) is 6.89. The third-order valence-corrected chi connectivity index (χ3v) is 3.44. The van der Waals surface area contributed by atoms with Crippen molar-refractivity contribution >= 4 is 5.91 Å². The minimum Gasteiger partial charge on any atom is -0.343 e. The van der Waals surface area contributed by atoms with Crippen molar-refractivity contribution in [2.24, 2.45) is 5.92 Å². The second-order valence-corrected chi connectivity index (χ2v) is 5.09. The van der Waals surface area contributed by atoms with E-state index in [1.165, 1.54) is 19.3 Å². The second-order valence-electron chi connectivity index (χ2n) is 5.09. The first-order valence-electron chi connectivity index (χ1n) is 6.64. The van der Waals surface area contributed by atoms with Gasteiger partial charge >= 0.3 is 0 Å². The summed E-state index contributed by atoms with van der Waals surface area (Å²) in [5.41, 5.74) is 0. The molecule has 3 heteroatoms. The number of amides is 1. The van der Waals surface area contributed by atoms with Gasteiger partial charge in [0.25, 0.3) is 0 Å². The van der Waals surface area contributed by atoms with Gasteiger partial charge in [0, 0.05) is 32.1 Å². The summed E-state index contributed by atoms with van der Waals surface area (Å²) in [4.78, 5) is 13.9. The SMILES string of the molecule is CCC1CCN(C(=O)CCNC(C)C)CC1. The largest absolute Gasteiger partial charge is 0.343 e. The van der Waals surface area contributed by atoms with Crippen LogP contribution in [0.25, 0.3) is 0 Å². The van der Waals surface area contributed by atoms with Gasteiger partial charge in [0.2, 0.25) is 5.91 Å². The Bertz CT molecular complexity index is 208. The minimum absolute atomic E-state index is 0.322. The number of hydrogen-bond acceptors (Lipinski definition) is 2. The molecular weight excluding hydrogens is 200 g/mol. The van der Waals surface area contributed by atoms with E-state index in [4.69, 9.17) is 0 Å². The van der Waals surface area contributed by atoms with Gasteiger partial charge in [0.15, 0.2) is 0 Å². The number of likely N-dealkylation sites (tertiary alicyclic amines) is 1. The van der Waals surface area contributed by atoms with Crippen LogP contribution in [0.3, 0.4) is 0 Å². The van der Waals surface area contributed by atoms with Crippen LogP contribution in [-0.4, -0.2) is 36.5 Å². The van der Waals surface area contributed by atoms with Crippen LogP contribution in [-0.2, 0) is 4.79 Å². The topological polar surface area (TPSA) is 32.3 Å². The van der Waals surface area contributed by atoms with Gasteiger partial charge in [-0.25, -0.2) is 0 Å². The normalized spacial score (nSPS) is 18.1. The number of hydrogen-bond donors (Lipinski definition) is 1. The first kappa shape index (κ1) is 13.5. The van der Waals surface area contributed by atoms with Gasteiger partial charge in [-0.1, -0.05) is 27.2 Å². The highest BCUT2D eigenvalue weighted by molar-refractivity contribution is 5.76. The van der Waals surface area contributed by atoms with Crippen LogP contribution in [0, 0.1) is 5.92 Å². The van der Waals surface area contributed by atoms with Crippen LogP contribution >= 0.6 is 0 Å². The van der Waals surface area contributed by atoms with Crippen molar-refractivity contribution in [2.75, 3.05) is 19.6 Å². The third-order valence-electron chi connectivity index (χ3n) is 3.44. The Balaban J connectivity index is 2.18. The molecule has 16 heavy (non-hydrogen) atoms. The van der Waals surface area contributed by atoms with Crippen LogP contribution in [0.1, 0.15) is 46.5 Å². The van der Waals surface area contributed by atoms with E-state index in [2.05, 4.69) is 26.1 Å². The Morgan fingerprint density at radius 1 is 1.38 bits per heavy atom. The molecule has 0 aliphatic carbocycles. The maximum absolute atomic E-state index is 11.9. The zero-order valence-electron chi connectivity index (χ0n) is 11.0. The van der Waals surface area contributed by atoms with Gasteiger partial charge in [0.1, 0.15) is 0 Å². The molecule has 1 rings (SSSR count). The molecule has 1 aliphatic rings. The van der Waals surface area contributed by atoms with Crippen LogP contribution in [0.2, 0.25) is 0 Å². The molecule has 1 amide bonds. The molecule has 0 spiro atoms. The molecule has 3 nitrogen and oxygen atoms in total. The molecule has 94 valence electrons. The number of carbonyl (C=O) groups is 1. The average Bonchev–Trinajstić information content (AvgIpc) is 2.28. The Kier molecular flexibility index (Phi) is 5.81. The number of nitrogens with zero attached hydrogens (tertiary/aromatic N) is 1. The van der Waals surface area contributed by atoms with Crippen molar-refractivity contribution in [1.82, 2.24) is 10.2 Å². The summed E-state index contributed by atoms with van der Waals surface area (Å²) in [7, 11) is 0. The predicted molar refractivity (Wildman–Crippen MR) is 67.4 cm³/mol. The summed E-state index contributed by atoms with van der Waals surface area (Å²) >= 11 is 0. The quantitative estimate of drug-likeness (QED) is 0.778. The minimum atomic E-state index is 0.322. The summed E-state index contributed by atoms with van der Waals surface area (Å²) in [5.74, 6) is 1.17. The van der Waals surface area contributed by atoms with E-state index in [0.717, 1.165) is 25.6 Å². The fourth-order valence-corrected chi connectivity index (χ4v) is 2.22. The fourth-order valence-electron chi connectivity index (χ4n) is 2.22. The van der Waals surface area contributed by atoms with E-state index in [-0.39, 0.29) is 0 Å². The van der Waals surface area contributed by atoms with Crippen molar-refractivity contribution in [3.63, 3.8) is 0 Å². The van der Waals surface area contributed by atoms with E-state index in [9.17, 15) is 4.79 Å². The molecule has 0 saturated carbocycles. The summed E-state index contributed by atoms with van der Waals surface area (Å²) in [6.07, 6.45) is 4.30. The van der Waals surface area contributed by atoms with E-state index in [1.807, 2.05) is 4.90 Å². The zero-order chi connectivity index (χ0) is 12.0. The van der Waals surface area contributed by atoms with Gasteiger partial charge in [-0.3, -0.25) is 4.79 Å². The maximum Gasteiger partial charge on any atom is 0.223 e. The smallest absolute Gasteiger partial charge is 0.223 e. The number of piperidine rings is 1. The van der Waals surface area contributed by atoms with Gasteiger partial charge in [-0.05, 0) is 18.8 Å². The molecule has 1 heterocycles. The molecule has 1 fully saturated rings. The van der Waals surface area contributed by atoms with Gasteiger partial charge in [-0.15, -0.1) is 0 Å². The summed E-state index contributed by atoms with van der Waals surface area (Å²) in [6, 6.07) is 0.471.